The minimum Gasteiger partial charge on any atom is -0.391 e. The molecule has 21 heavy (non-hydrogen) atoms. The van der Waals surface area contributed by atoms with E-state index < -0.39 is 10.0 Å². The van der Waals surface area contributed by atoms with E-state index >= 15 is 0 Å². The van der Waals surface area contributed by atoms with Crippen LogP contribution in [0.15, 0.2) is 10.3 Å². The summed E-state index contributed by atoms with van der Waals surface area (Å²) in [5, 5.41) is 11.2. The van der Waals surface area contributed by atoms with Gasteiger partial charge in [0.05, 0.1) is 11.5 Å². The second-order valence-electron chi connectivity index (χ2n) is 5.93. The molecule has 0 unspecified atom stereocenters. The minimum absolute atomic E-state index is 0.0867. The smallest absolute Gasteiger partial charge is 0.244 e. The van der Waals surface area contributed by atoms with Gasteiger partial charge in [-0.3, -0.25) is 0 Å². The summed E-state index contributed by atoms with van der Waals surface area (Å²) < 4.78 is 27.3. The van der Waals surface area contributed by atoms with Crippen molar-refractivity contribution in [1.29, 1.82) is 0 Å². The minimum atomic E-state index is -3.51. The van der Waals surface area contributed by atoms with Gasteiger partial charge >= 0.3 is 0 Å². The maximum atomic E-state index is 12.9. The molecule has 0 saturated heterocycles. The molecule has 1 aromatic heterocycles. The van der Waals surface area contributed by atoms with Crippen LogP contribution in [-0.4, -0.2) is 30.9 Å². The van der Waals surface area contributed by atoms with Crippen LogP contribution in [0.5, 0.6) is 0 Å². The molecule has 120 valence electrons. The van der Waals surface area contributed by atoms with Gasteiger partial charge in [0.2, 0.25) is 10.0 Å². The van der Waals surface area contributed by atoms with Gasteiger partial charge in [-0.1, -0.05) is 13.3 Å². The standard InChI is InChI=1S/C15H25NO3S2/c1-4-12-5-7-13(8-6-12)16(3)21(18,19)15-11(2)10-20-14(15)9-17/h10,12-13,17H,4-9H2,1-3H3. The fourth-order valence-corrected chi connectivity index (χ4v) is 6.22. The molecule has 1 fully saturated rings. The average molecular weight is 332 g/mol. The molecule has 0 spiro atoms. The van der Waals surface area contributed by atoms with Crippen molar-refractivity contribution in [2.75, 3.05) is 7.05 Å². The highest BCUT2D eigenvalue weighted by atomic mass is 32.2. The van der Waals surface area contributed by atoms with Crippen LogP contribution in [0.4, 0.5) is 0 Å². The van der Waals surface area contributed by atoms with Crippen LogP contribution in [0.1, 0.15) is 49.5 Å². The number of hydrogen-bond acceptors (Lipinski definition) is 4. The summed E-state index contributed by atoms with van der Waals surface area (Å²) in [5.74, 6) is 0.744. The van der Waals surface area contributed by atoms with E-state index in [9.17, 15) is 13.5 Å². The first-order valence-electron chi connectivity index (χ1n) is 7.57. The van der Waals surface area contributed by atoms with Crippen molar-refractivity contribution in [3.05, 3.63) is 15.8 Å². The zero-order chi connectivity index (χ0) is 15.6. The number of aliphatic hydroxyl groups excluding tert-OH is 1. The van der Waals surface area contributed by atoms with Crippen molar-refractivity contribution in [2.45, 2.75) is 63.5 Å². The number of aliphatic hydroxyl groups is 1. The third-order valence-corrected chi connectivity index (χ3v) is 8.04. The van der Waals surface area contributed by atoms with E-state index in [4.69, 9.17) is 0 Å². The zero-order valence-corrected chi connectivity index (χ0v) is 14.6. The molecule has 0 amide bonds. The molecular weight excluding hydrogens is 306 g/mol. The van der Waals surface area contributed by atoms with Crippen molar-refractivity contribution < 1.29 is 13.5 Å². The molecule has 4 nitrogen and oxygen atoms in total. The van der Waals surface area contributed by atoms with Gasteiger partial charge in [-0.2, -0.15) is 4.31 Å². The summed E-state index contributed by atoms with van der Waals surface area (Å²) in [6, 6.07) is 0.0867. The van der Waals surface area contributed by atoms with Crippen LogP contribution in [0.3, 0.4) is 0 Å². The third-order valence-electron chi connectivity index (χ3n) is 4.68. The topological polar surface area (TPSA) is 57.6 Å². The first-order chi connectivity index (χ1) is 9.91. The summed E-state index contributed by atoms with van der Waals surface area (Å²) in [4.78, 5) is 0.858. The predicted molar refractivity (Wildman–Crippen MR) is 86.0 cm³/mol. The Hall–Kier alpha value is -0.430. The molecule has 6 heteroatoms. The Morgan fingerprint density at radius 1 is 1.33 bits per heavy atom. The summed E-state index contributed by atoms with van der Waals surface area (Å²) in [6.45, 7) is 3.78. The van der Waals surface area contributed by atoms with Gasteiger partial charge in [0.1, 0.15) is 4.90 Å². The summed E-state index contributed by atoms with van der Waals surface area (Å²) in [7, 11) is -1.82. The zero-order valence-electron chi connectivity index (χ0n) is 13.0. The summed E-state index contributed by atoms with van der Waals surface area (Å²) in [6.07, 6.45) is 5.27. The van der Waals surface area contributed by atoms with Crippen LogP contribution in [-0.2, 0) is 16.6 Å². The Kier molecular flexibility index (Phi) is 5.46. The molecule has 1 saturated carbocycles. The van der Waals surface area contributed by atoms with Crippen LogP contribution in [0.25, 0.3) is 0 Å². The highest BCUT2D eigenvalue weighted by molar-refractivity contribution is 7.89. The van der Waals surface area contributed by atoms with Crippen molar-refractivity contribution in [1.82, 2.24) is 4.31 Å². The molecule has 0 atom stereocenters. The molecule has 1 aromatic rings. The van der Waals surface area contributed by atoms with E-state index in [2.05, 4.69) is 6.92 Å². The predicted octanol–water partition coefficient (Wildman–Crippen LogP) is 3.14. The lowest BCUT2D eigenvalue weighted by atomic mass is 9.85. The number of sulfonamides is 1. The average Bonchev–Trinajstić information content (AvgIpc) is 2.88. The third kappa shape index (κ3) is 3.33. The number of nitrogens with zero attached hydrogens (tertiary/aromatic N) is 1. The van der Waals surface area contributed by atoms with Crippen molar-refractivity contribution >= 4 is 21.4 Å². The maximum Gasteiger partial charge on any atom is 0.244 e. The van der Waals surface area contributed by atoms with Gasteiger partial charge in [0.15, 0.2) is 0 Å². The Morgan fingerprint density at radius 3 is 2.48 bits per heavy atom. The second kappa shape index (κ2) is 6.77. The fourth-order valence-electron chi connectivity index (χ4n) is 3.20. The largest absolute Gasteiger partial charge is 0.391 e. The Bertz CT molecular complexity index is 572. The Balaban J connectivity index is 2.21. The molecule has 1 heterocycles. The Morgan fingerprint density at radius 2 is 1.95 bits per heavy atom. The number of thiophene rings is 1. The lowest BCUT2D eigenvalue weighted by molar-refractivity contribution is 0.232. The highest BCUT2D eigenvalue weighted by Gasteiger charge is 2.33. The maximum absolute atomic E-state index is 12.9. The summed E-state index contributed by atoms with van der Waals surface area (Å²) >= 11 is 1.32. The van der Waals surface area contributed by atoms with Crippen molar-refractivity contribution in [3.63, 3.8) is 0 Å². The number of hydrogen-bond donors (Lipinski definition) is 1. The lowest BCUT2D eigenvalue weighted by Crippen LogP contribution is -2.39. The van der Waals surface area contributed by atoms with Crippen LogP contribution < -0.4 is 0 Å². The van der Waals surface area contributed by atoms with E-state index in [0.29, 0.717) is 9.77 Å². The molecular formula is C15H25NO3S2. The molecule has 1 aliphatic carbocycles. The molecule has 0 bridgehead atoms. The Labute approximate surface area is 131 Å². The van der Waals surface area contributed by atoms with Crippen LogP contribution >= 0.6 is 11.3 Å². The molecule has 0 radical (unpaired) electrons. The van der Waals surface area contributed by atoms with E-state index in [1.165, 1.54) is 22.1 Å². The van der Waals surface area contributed by atoms with Crippen molar-refractivity contribution in [3.8, 4) is 0 Å². The SMILES string of the molecule is CCC1CCC(N(C)S(=O)(=O)c2c(C)csc2CO)CC1. The number of aryl methyl sites for hydroxylation is 1. The molecule has 2 rings (SSSR count). The summed E-state index contributed by atoms with van der Waals surface area (Å²) in [5.41, 5.74) is 0.734. The van der Waals surface area contributed by atoms with Gasteiger partial charge in [-0.15, -0.1) is 11.3 Å². The first-order valence-corrected chi connectivity index (χ1v) is 9.89. The molecule has 1 aliphatic rings. The quantitative estimate of drug-likeness (QED) is 0.902. The molecule has 0 aromatic carbocycles. The highest BCUT2D eigenvalue weighted by Crippen LogP contribution is 2.34. The lowest BCUT2D eigenvalue weighted by Gasteiger charge is -2.33. The van der Waals surface area contributed by atoms with Gasteiger partial charge in [-0.25, -0.2) is 8.42 Å². The molecule has 1 N–H and O–H groups in total. The van der Waals surface area contributed by atoms with Gasteiger partial charge in [0.25, 0.3) is 0 Å². The van der Waals surface area contributed by atoms with E-state index in [-0.39, 0.29) is 12.6 Å². The normalized spacial score (nSPS) is 23.7. The van der Waals surface area contributed by atoms with Gasteiger partial charge in [-0.05, 0) is 49.5 Å². The van der Waals surface area contributed by atoms with Gasteiger partial charge < -0.3 is 5.11 Å². The number of rotatable bonds is 5. The van der Waals surface area contributed by atoms with Gasteiger partial charge in [0, 0.05) is 13.1 Å². The first kappa shape index (κ1) is 16.9. The van der Waals surface area contributed by atoms with E-state index in [0.717, 1.165) is 37.2 Å². The van der Waals surface area contributed by atoms with E-state index in [1.807, 2.05) is 0 Å². The van der Waals surface area contributed by atoms with E-state index in [1.54, 1.807) is 19.4 Å². The van der Waals surface area contributed by atoms with Crippen LogP contribution in [0, 0.1) is 12.8 Å². The van der Waals surface area contributed by atoms with Crippen LogP contribution in [0.2, 0.25) is 0 Å². The van der Waals surface area contributed by atoms with Crippen molar-refractivity contribution in [2.24, 2.45) is 5.92 Å². The monoisotopic (exact) mass is 331 g/mol. The fraction of sp³-hybridized carbons (Fsp3) is 0.733. The second-order valence-corrected chi connectivity index (χ2v) is 8.83. The molecule has 0 aliphatic heterocycles.